The molecule has 0 aliphatic rings. The molecule has 0 aromatic carbocycles. The number of nitrogens with zero attached hydrogens (tertiary/aromatic N) is 3. The summed E-state index contributed by atoms with van der Waals surface area (Å²) in [6.07, 6.45) is -1.52. The summed E-state index contributed by atoms with van der Waals surface area (Å²) in [6, 6.07) is 0. The molecule has 0 bridgehead atoms. The highest BCUT2D eigenvalue weighted by atomic mass is 19.3. The van der Waals surface area contributed by atoms with Crippen molar-refractivity contribution in [3.63, 3.8) is 0 Å². The number of aryl methyl sites for hydroxylation is 1. The highest BCUT2D eigenvalue weighted by Crippen LogP contribution is 1.96. The highest BCUT2D eigenvalue weighted by Gasteiger charge is 2.15. The molecular formula is C7H10F2N4O. The van der Waals surface area contributed by atoms with Crippen LogP contribution in [0.1, 0.15) is 12.7 Å². The summed E-state index contributed by atoms with van der Waals surface area (Å²) in [5.74, 6) is -0.836. The van der Waals surface area contributed by atoms with E-state index in [1.807, 2.05) is 12.2 Å². The van der Waals surface area contributed by atoms with E-state index < -0.39 is 12.3 Å². The zero-order chi connectivity index (χ0) is 10.6. The van der Waals surface area contributed by atoms with Gasteiger partial charge in [-0.1, -0.05) is 0 Å². The van der Waals surface area contributed by atoms with E-state index in [9.17, 15) is 13.6 Å². The first kappa shape index (κ1) is 10.6. The van der Waals surface area contributed by atoms with E-state index in [1.165, 1.54) is 6.33 Å². The third kappa shape index (κ3) is 2.48. The van der Waals surface area contributed by atoms with E-state index >= 15 is 0 Å². The fourth-order valence-corrected chi connectivity index (χ4v) is 0.923. The normalized spacial score (nSPS) is 10.6. The quantitative estimate of drug-likeness (QED) is 0.761. The second kappa shape index (κ2) is 4.64. The predicted molar refractivity (Wildman–Crippen MR) is 43.5 cm³/mol. The smallest absolute Gasteiger partial charge is 0.315 e. The molecule has 0 radical (unpaired) electrons. The number of alkyl halides is 2. The molecule has 1 N–H and O–H groups in total. The van der Waals surface area contributed by atoms with Crippen LogP contribution in [0.15, 0.2) is 6.33 Å². The Labute approximate surface area is 79.1 Å². The van der Waals surface area contributed by atoms with Crippen molar-refractivity contribution >= 4 is 5.91 Å². The number of carbonyl (C=O) groups excluding carboxylic acids is 1. The first-order chi connectivity index (χ1) is 6.65. The van der Waals surface area contributed by atoms with Crippen LogP contribution in [0.5, 0.6) is 0 Å². The Morgan fingerprint density at radius 2 is 2.43 bits per heavy atom. The predicted octanol–water partition coefficient (Wildman–Crippen LogP) is 0.179. The first-order valence-electron chi connectivity index (χ1n) is 4.07. The van der Waals surface area contributed by atoms with Crippen molar-refractivity contribution in [3.8, 4) is 0 Å². The Balaban J connectivity index is 2.49. The summed E-state index contributed by atoms with van der Waals surface area (Å²) < 4.78 is 25.2. The van der Waals surface area contributed by atoms with Gasteiger partial charge in [0.25, 0.3) is 5.91 Å². The van der Waals surface area contributed by atoms with E-state index in [-0.39, 0.29) is 6.54 Å². The minimum Gasteiger partial charge on any atom is -0.344 e. The summed E-state index contributed by atoms with van der Waals surface area (Å²) >= 11 is 0. The van der Waals surface area contributed by atoms with Gasteiger partial charge in [-0.25, -0.2) is 0 Å². The van der Waals surface area contributed by atoms with Gasteiger partial charge in [-0.2, -0.15) is 8.78 Å². The summed E-state index contributed by atoms with van der Waals surface area (Å²) in [6.45, 7) is 2.46. The Morgan fingerprint density at radius 3 is 3.00 bits per heavy atom. The van der Waals surface area contributed by atoms with Gasteiger partial charge in [-0.3, -0.25) is 4.79 Å². The van der Waals surface area contributed by atoms with E-state index in [4.69, 9.17) is 0 Å². The van der Waals surface area contributed by atoms with E-state index in [0.29, 0.717) is 12.4 Å². The Bertz CT molecular complexity index is 312. The lowest BCUT2D eigenvalue weighted by Gasteiger charge is -2.04. The number of halogens is 2. The van der Waals surface area contributed by atoms with E-state index in [2.05, 4.69) is 10.2 Å². The fraction of sp³-hybridized carbons (Fsp3) is 0.571. The summed E-state index contributed by atoms with van der Waals surface area (Å²) in [5, 5.41) is 9.31. The van der Waals surface area contributed by atoms with Gasteiger partial charge in [0.1, 0.15) is 6.33 Å². The number of nitrogens with one attached hydrogen (secondary N) is 1. The van der Waals surface area contributed by atoms with Crippen LogP contribution in [-0.4, -0.2) is 27.1 Å². The minimum atomic E-state index is -2.99. The molecule has 0 aliphatic heterocycles. The second-order valence-corrected chi connectivity index (χ2v) is 2.55. The van der Waals surface area contributed by atoms with Crippen molar-refractivity contribution < 1.29 is 13.6 Å². The van der Waals surface area contributed by atoms with Gasteiger partial charge in [-0.05, 0) is 6.92 Å². The molecule has 1 rings (SSSR count). The van der Waals surface area contributed by atoms with Gasteiger partial charge < -0.3 is 9.88 Å². The topological polar surface area (TPSA) is 59.8 Å². The zero-order valence-corrected chi connectivity index (χ0v) is 7.57. The van der Waals surface area contributed by atoms with Crippen LogP contribution < -0.4 is 5.32 Å². The van der Waals surface area contributed by atoms with Crippen LogP contribution >= 0.6 is 0 Å². The van der Waals surface area contributed by atoms with Gasteiger partial charge in [0.05, 0.1) is 6.54 Å². The molecule has 78 valence electrons. The molecule has 1 heterocycles. The third-order valence-corrected chi connectivity index (χ3v) is 1.66. The number of hydrogen-bond donors (Lipinski definition) is 1. The second-order valence-electron chi connectivity index (χ2n) is 2.55. The van der Waals surface area contributed by atoms with Crippen molar-refractivity contribution in [2.75, 3.05) is 0 Å². The Hall–Kier alpha value is -1.53. The van der Waals surface area contributed by atoms with E-state index in [1.54, 1.807) is 4.57 Å². The van der Waals surface area contributed by atoms with Gasteiger partial charge in [0, 0.05) is 6.54 Å². The number of carbonyl (C=O) groups is 1. The molecule has 1 aromatic rings. The van der Waals surface area contributed by atoms with Gasteiger partial charge in [0.15, 0.2) is 5.82 Å². The van der Waals surface area contributed by atoms with Gasteiger partial charge >= 0.3 is 6.43 Å². The molecule has 7 heteroatoms. The van der Waals surface area contributed by atoms with Crippen molar-refractivity contribution in [1.82, 2.24) is 20.1 Å². The average molecular weight is 204 g/mol. The molecule has 0 atom stereocenters. The standard InChI is InChI=1S/C7H10F2N4O/c1-2-13-4-11-12-5(13)3-10-7(14)6(8)9/h4,6H,2-3H2,1H3,(H,10,14). The summed E-state index contributed by atoms with van der Waals surface area (Å²) in [5.41, 5.74) is 0. The Kier molecular flexibility index (Phi) is 3.49. The fourth-order valence-electron chi connectivity index (χ4n) is 0.923. The molecule has 0 saturated carbocycles. The lowest BCUT2D eigenvalue weighted by atomic mass is 10.5. The van der Waals surface area contributed by atoms with Crippen molar-refractivity contribution in [1.29, 1.82) is 0 Å². The molecule has 1 amide bonds. The maximum Gasteiger partial charge on any atom is 0.315 e. The Morgan fingerprint density at radius 1 is 1.71 bits per heavy atom. The van der Waals surface area contributed by atoms with Crippen LogP contribution in [0.3, 0.4) is 0 Å². The van der Waals surface area contributed by atoms with Gasteiger partial charge in [0.2, 0.25) is 0 Å². The molecule has 0 aliphatic carbocycles. The molecule has 5 nitrogen and oxygen atoms in total. The van der Waals surface area contributed by atoms with Crippen LogP contribution in [0.4, 0.5) is 8.78 Å². The number of amides is 1. The maximum atomic E-state index is 11.8. The van der Waals surface area contributed by atoms with Crippen LogP contribution in [0, 0.1) is 0 Å². The largest absolute Gasteiger partial charge is 0.344 e. The highest BCUT2D eigenvalue weighted by molar-refractivity contribution is 5.78. The molecule has 1 aromatic heterocycles. The van der Waals surface area contributed by atoms with Gasteiger partial charge in [-0.15, -0.1) is 10.2 Å². The maximum absolute atomic E-state index is 11.8. The third-order valence-electron chi connectivity index (χ3n) is 1.66. The SMILES string of the molecule is CCn1cnnc1CNC(=O)C(F)F. The lowest BCUT2D eigenvalue weighted by Crippen LogP contribution is -2.30. The average Bonchev–Trinajstić information content (AvgIpc) is 2.60. The number of aromatic nitrogens is 3. The van der Waals surface area contributed by atoms with Crippen LogP contribution in [0.2, 0.25) is 0 Å². The number of rotatable bonds is 4. The first-order valence-corrected chi connectivity index (χ1v) is 4.07. The lowest BCUT2D eigenvalue weighted by molar-refractivity contribution is -0.131. The molecule has 0 spiro atoms. The van der Waals surface area contributed by atoms with Crippen LogP contribution in [0.25, 0.3) is 0 Å². The molecule has 0 saturated heterocycles. The van der Waals surface area contributed by atoms with Crippen molar-refractivity contribution in [3.05, 3.63) is 12.2 Å². The monoisotopic (exact) mass is 204 g/mol. The molecule has 0 fully saturated rings. The summed E-state index contributed by atoms with van der Waals surface area (Å²) in [4.78, 5) is 10.5. The van der Waals surface area contributed by atoms with Crippen LogP contribution in [-0.2, 0) is 17.9 Å². The molecule has 14 heavy (non-hydrogen) atoms. The minimum absolute atomic E-state index is 0.0307. The van der Waals surface area contributed by atoms with Crippen molar-refractivity contribution in [2.45, 2.75) is 26.4 Å². The van der Waals surface area contributed by atoms with Crippen molar-refractivity contribution in [2.24, 2.45) is 0 Å². The number of hydrogen-bond acceptors (Lipinski definition) is 3. The zero-order valence-electron chi connectivity index (χ0n) is 7.57. The summed E-state index contributed by atoms with van der Waals surface area (Å²) in [7, 11) is 0. The molecular weight excluding hydrogens is 194 g/mol. The molecule has 0 unspecified atom stereocenters. The van der Waals surface area contributed by atoms with E-state index in [0.717, 1.165) is 0 Å².